The molecule has 0 aliphatic heterocycles. The summed E-state index contributed by atoms with van der Waals surface area (Å²) >= 11 is 0. The van der Waals surface area contributed by atoms with Gasteiger partial charge in [0.05, 0.1) is 8.60 Å². The van der Waals surface area contributed by atoms with Gasteiger partial charge in [0.25, 0.3) is 0 Å². The molecule has 0 rings (SSSR count). The van der Waals surface area contributed by atoms with E-state index < -0.39 is 8.60 Å². The van der Waals surface area contributed by atoms with Gasteiger partial charge in [-0.15, -0.1) is 0 Å². The average Bonchev–Trinajstić information content (AvgIpc) is 1.65. The number of hydrogen-bond donors (Lipinski definition) is 4. The Kier molecular flexibility index (Phi) is 29.8. The van der Waals surface area contributed by atoms with Gasteiger partial charge >= 0.3 is 29.6 Å². The third-order valence-electron chi connectivity index (χ3n) is 0.167. The van der Waals surface area contributed by atoms with Crippen LogP contribution in [0.15, 0.2) is 0 Å². The Morgan fingerprint density at radius 1 is 1.22 bits per heavy atom. The van der Waals surface area contributed by atoms with Crippen LogP contribution in [0.4, 0.5) is 0 Å². The summed E-state index contributed by atoms with van der Waals surface area (Å²) in [6, 6.07) is 0. The van der Waals surface area contributed by atoms with Gasteiger partial charge in [0.15, 0.2) is 0 Å². The van der Waals surface area contributed by atoms with Crippen molar-refractivity contribution in [3.63, 3.8) is 0 Å². The van der Waals surface area contributed by atoms with Gasteiger partial charge in [-0.05, 0) is 0 Å². The SMILES string of the molecule is NCCN.[Na+].[O-]P(O)O. The molecule has 0 fully saturated rings. The van der Waals surface area contributed by atoms with Crippen LogP contribution in [0.1, 0.15) is 0 Å². The van der Waals surface area contributed by atoms with Crippen molar-refractivity contribution >= 4 is 8.60 Å². The van der Waals surface area contributed by atoms with Gasteiger partial charge < -0.3 is 26.1 Å². The minimum absolute atomic E-state index is 0. The molecule has 0 aromatic rings. The second-order valence-electron chi connectivity index (χ2n) is 0.830. The van der Waals surface area contributed by atoms with Crippen LogP contribution in [0.2, 0.25) is 0 Å². The third kappa shape index (κ3) is 97.0. The third-order valence-corrected chi connectivity index (χ3v) is 0.167. The quantitative estimate of drug-likeness (QED) is 0.228. The second-order valence-corrected chi connectivity index (χ2v) is 1.34. The fraction of sp³-hybridized carbons (Fsp3) is 1.00. The molecule has 0 aliphatic carbocycles. The van der Waals surface area contributed by atoms with E-state index in [4.69, 9.17) is 26.1 Å². The minimum Gasteiger partial charge on any atom is -0.786 e. The average molecular weight is 164 g/mol. The van der Waals surface area contributed by atoms with E-state index in [-0.39, 0.29) is 29.6 Å². The predicted octanol–water partition coefficient (Wildman–Crippen LogP) is -5.53. The summed E-state index contributed by atoms with van der Waals surface area (Å²) in [4.78, 5) is 22.9. The Labute approximate surface area is 77.3 Å². The molecule has 6 N–H and O–H groups in total. The van der Waals surface area contributed by atoms with Crippen molar-refractivity contribution in [2.75, 3.05) is 13.1 Å². The molecule has 0 bridgehead atoms. The molecule has 0 aliphatic rings. The van der Waals surface area contributed by atoms with Crippen molar-refractivity contribution in [2.24, 2.45) is 11.5 Å². The molecule has 0 heterocycles. The van der Waals surface area contributed by atoms with Crippen molar-refractivity contribution in [1.82, 2.24) is 0 Å². The second kappa shape index (κ2) is 16.1. The van der Waals surface area contributed by atoms with Gasteiger partial charge in [-0.1, -0.05) is 0 Å². The molecule has 0 saturated carbocycles. The van der Waals surface area contributed by atoms with Crippen LogP contribution in [0.25, 0.3) is 0 Å². The molecule has 9 heavy (non-hydrogen) atoms. The van der Waals surface area contributed by atoms with Crippen molar-refractivity contribution in [1.29, 1.82) is 0 Å². The van der Waals surface area contributed by atoms with Gasteiger partial charge in [0.2, 0.25) is 0 Å². The summed E-state index contributed by atoms with van der Waals surface area (Å²) in [6.45, 7) is 1.19. The first kappa shape index (κ1) is 16.7. The molecular formula is C2H10N2NaO3P. The smallest absolute Gasteiger partial charge is 0.786 e. The largest absolute Gasteiger partial charge is 1.00 e. The zero-order chi connectivity index (χ0) is 6.99. The van der Waals surface area contributed by atoms with Crippen molar-refractivity contribution in [3.05, 3.63) is 0 Å². The summed E-state index contributed by atoms with van der Waals surface area (Å²) in [5.74, 6) is 0. The topological polar surface area (TPSA) is 116 Å². The summed E-state index contributed by atoms with van der Waals surface area (Å²) in [5, 5.41) is 0. The number of nitrogens with two attached hydrogens (primary N) is 2. The number of hydrogen-bond acceptors (Lipinski definition) is 5. The van der Waals surface area contributed by atoms with Gasteiger partial charge in [-0.3, -0.25) is 0 Å². The molecule has 7 heteroatoms. The molecular weight excluding hydrogens is 154 g/mol. The summed E-state index contributed by atoms with van der Waals surface area (Å²) in [5.41, 5.74) is 9.81. The molecule has 52 valence electrons. The molecule has 0 unspecified atom stereocenters. The molecule has 0 radical (unpaired) electrons. The van der Waals surface area contributed by atoms with Crippen LogP contribution in [-0.4, -0.2) is 22.9 Å². The zero-order valence-electron chi connectivity index (χ0n) is 5.32. The molecule has 0 atom stereocenters. The monoisotopic (exact) mass is 164 g/mol. The molecule has 0 aromatic carbocycles. The van der Waals surface area contributed by atoms with Gasteiger partial charge in [-0.2, -0.15) is 0 Å². The van der Waals surface area contributed by atoms with Crippen molar-refractivity contribution in [3.8, 4) is 0 Å². The fourth-order valence-electron chi connectivity index (χ4n) is 0. The maximum absolute atomic E-state index is 8.70. The molecule has 0 saturated heterocycles. The minimum atomic E-state index is -2.87. The van der Waals surface area contributed by atoms with Gasteiger partial charge in [0, 0.05) is 13.1 Å². The van der Waals surface area contributed by atoms with E-state index in [1.807, 2.05) is 0 Å². The van der Waals surface area contributed by atoms with E-state index in [0.29, 0.717) is 13.1 Å². The summed E-state index contributed by atoms with van der Waals surface area (Å²) in [7, 11) is -2.87. The predicted molar refractivity (Wildman–Crippen MR) is 29.5 cm³/mol. The fourth-order valence-corrected chi connectivity index (χ4v) is 0. The Bertz CT molecular complexity index is 36.2. The van der Waals surface area contributed by atoms with Crippen LogP contribution >= 0.6 is 8.60 Å². The normalized spacial score (nSPS) is 7.33. The van der Waals surface area contributed by atoms with E-state index in [9.17, 15) is 0 Å². The molecule has 0 amide bonds. The van der Waals surface area contributed by atoms with Gasteiger partial charge in [0.1, 0.15) is 0 Å². The Morgan fingerprint density at radius 3 is 1.33 bits per heavy atom. The van der Waals surface area contributed by atoms with Crippen LogP contribution in [0.3, 0.4) is 0 Å². The van der Waals surface area contributed by atoms with E-state index >= 15 is 0 Å². The summed E-state index contributed by atoms with van der Waals surface area (Å²) in [6.07, 6.45) is 0. The van der Waals surface area contributed by atoms with Crippen LogP contribution in [0.5, 0.6) is 0 Å². The first-order chi connectivity index (χ1) is 3.65. The van der Waals surface area contributed by atoms with Crippen LogP contribution < -0.4 is 45.9 Å². The summed E-state index contributed by atoms with van der Waals surface area (Å²) < 4.78 is 0. The maximum atomic E-state index is 8.70. The van der Waals surface area contributed by atoms with Crippen LogP contribution in [-0.2, 0) is 0 Å². The maximum Gasteiger partial charge on any atom is 1.00 e. The van der Waals surface area contributed by atoms with E-state index in [1.54, 1.807) is 0 Å². The van der Waals surface area contributed by atoms with Crippen molar-refractivity contribution < 1.29 is 44.2 Å². The Hall–Kier alpha value is 1.23. The van der Waals surface area contributed by atoms with E-state index in [2.05, 4.69) is 0 Å². The zero-order valence-corrected chi connectivity index (χ0v) is 8.21. The first-order valence-corrected chi connectivity index (χ1v) is 3.06. The molecule has 0 spiro atoms. The first-order valence-electron chi connectivity index (χ1n) is 1.90. The van der Waals surface area contributed by atoms with Crippen LogP contribution in [0, 0.1) is 0 Å². The Balaban J connectivity index is -0.0000000720. The molecule has 5 nitrogen and oxygen atoms in total. The number of rotatable bonds is 1. The van der Waals surface area contributed by atoms with Gasteiger partial charge in [-0.25, -0.2) is 0 Å². The van der Waals surface area contributed by atoms with E-state index in [0.717, 1.165) is 0 Å². The Morgan fingerprint density at radius 2 is 1.33 bits per heavy atom. The molecule has 0 aromatic heterocycles. The van der Waals surface area contributed by atoms with Crippen molar-refractivity contribution in [2.45, 2.75) is 0 Å². The standard InChI is InChI=1S/C2H8N2.Na.H2O3P/c3-1-2-4;;1-4(2)3/h1-4H2;;1-2H/q;+1;-1. The van der Waals surface area contributed by atoms with E-state index in [1.165, 1.54) is 0 Å².